The summed E-state index contributed by atoms with van der Waals surface area (Å²) in [5.74, 6) is 1.25. The fraction of sp³-hybridized carbons (Fsp3) is 0.625. The minimum Gasteiger partial charge on any atom is -0.494 e. The maximum absolute atomic E-state index is 10.5. The number of aliphatic hydroxyl groups excluding tert-OH is 1. The molecule has 1 aromatic carbocycles. The maximum atomic E-state index is 10.5. The zero-order chi connectivity index (χ0) is 14.0. The van der Waals surface area contributed by atoms with Crippen LogP contribution < -0.4 is 10.5 Å². The van der Waals surface area contributed by atoms with E-state index in [1.54, 1.807) is 0 Å². The van der Waals surface area contributed by atoms with Crippen LogP contribution in [-0.2, 0) is 0 Å². The third-order valence-electron chi connectivity index (χ3n) is 4.29. The molecule has 1 aliphatic rings. The first-order valence-electron chi connectivity index (χ1n) is 7.10. The largest absolute Gasteiger partial charge is 0.494 e. The molecule has 3 nitrogen and oxygen atoms in total. The Hall–Kier alpha value is -1.06. The standard InChI is InChI=1S/C16H25NO2/c1-4-19-12-7-5-11(6-8-12)13(10-17)15(18)14-9-16(14,2)3/h5-8,13-15,18H,4,9-10,17H2,1-3H3. The van der Waals surface area contributed by atoms with E-state index in [-0.39, 0.29) is 17.4 Å². The van der Waals surface area contributed by atoms with E-state index in [0.29, 0.717) is 19.1 Å². The Balaban J connectivity index is 2.09. The molecule has 0 saturated heterocycles. The van der Waals surface area contributed by atoms with Gasteiger partial charge in [0, 0.05) is 12.5 Å². The maximum Gasteiger partial charge on any atom is 0.119 e. The van der Waals surface area contributed by atoms with Crippen molar-refractivity contribution >= 4 is 0 Å². The van der Waals surface area contributed by atoms with Gasteiger partial charge in [-0.05, 0) is 42.4 Å². The number of nitrogens with two attached hydrogens (primary N) is 1. The Morgan fingerprint density at radius 3 is 2.37 bits per heavy atom. The van der Waals surface area contributed by atoms with Crippen molar-refractivity contribution < 1.29 is 9.84 Å². The van der Waals surface area contributed by atoms with E-state index in [4.69, 9.17) is 10.5 Å². The molecule has 3 heteroatoms. The zero-order valence-corrected chi connectivity index (χ0v) is 12.1. The SMILES string of the molecule is CCOc1ccc(C(CN)C(O)C2CC2(C)C)cc1. The molecule has 1 aliphatic carbocycles. The Labute approximate surface area is 115 Å². The second kappa shape index (κ2) is 5.51. The smallest absolute Gasteiger partial charge is 0.119 e. The van der Waals surface area contributed by atoms with Crippen molar-refractivity contribution in [3.63, 3.8) is 0 Å². The summed E-state index contributed by atoms with van der Waals surface area (Å²) in [6.07, 6.45) is 0.736. The van der Waals surface area contributed by atoms with E-state index >= 15 is 0 Å². The molecule has 0 radical (unpaired) electrons. The summed E-state index contributed by atoms with van der Waals surface area (Å²) in [6, 6.07) is 7.93. The van der Waals surface area contributed by atoms with Crippen LogP contribution in [0, 0.1) is 11.3 Å². The zero-order valence-electron chi connectivity index (χ0n) is 12.1. The molecule has 1 saturated carbocycles. The van der Waals surface area contributed by atoms with Gasteiger partial charge >= 0.3 is 0 Å². The van der Waals surface area contributed by atoms with Crippen molar-refractivity contribution in [2.45, 2.75) is 39.2 Å². The summed E-state index contributed by atoms with van der Waals surface area (Å²) in [5, 5.41) is 10.5. The van der Waals surface area contributed by atoms with E-state index < -0.39 is 0 Å². The van der Waals surface area contributed by atoms with E-state index in [2.05, 4.69) is 13.8 Å². The monoisotopic (exact) mass is 263 g/mol. The molecule has 3 atom stereocenters. The molecule has 3 unspecified atom stereocenters. The highest BCUT2D eigenvalue weighted by molar-refractivity contribution is 5.31. The summed E-state index contributed by atoms with van der Waals surface area (Å²) >= 11 is 0. The van der Waals surface area contributed by atoms with Crippen LogP contribution >= 0.6 is 0 Å². The molecule has 3 N–H and O–H groups in total. The van der Waals surface area contributed by atoms with Crippen molar-refractivity contribution in [1.29, 1.82) is 0 Å². The van der Waals surface area contributed by atoms with Crippen molar-refractivity contribution in [3.8, 4) is 5.75 Å². The molecule has 2 rings (SSSR count). The normalized spacial score (nSPS) is 23.7. The van der Waals surface area contributed by atoms with Crippen molar-refractivity contribution in [3.05, 3.63) is 29.8 Å². The van der Waals surface area contributed by atoms with Gasteiger partial charge in [0.15, 0.2) is 0 Å². The Morgan fingerprint density at radius 2 is 1.95 bits per heavy atom. The number of rotatable bonds is 6. The van der Waals surface area contributed by atoms with Crippen LogP contribution in [0.1, 0.15) is 38.7 Å². The first-order valence-corrected chi connectivity index (χ1v) is 7.10. The molecule has 19 heavy (non-hydrogen) atoms. The summed E-state index contributed by atoms with van der Waals surface area (Å²) in [5.41, 5.74) is 7.23. The lowest BCUT2D eigenvalue weighted by Crippen LogP contribution is -2.29. The second-order valence-electron chi connectivity index (χ2n) is 6.13. The predicted molar refractivity (Wildman–Crippen MR) is 77.3 cm³/mol. The predicted octanol–water partition coefficient (Wildman–Crippen LogP) is 2.53. The summed E-state index contributed by atoms with van der Waals surface area (Å²) < 4.78 is 5.43. The lowest BCUT2D eigenvalue weighted by Gasteiger charge is -2.23. The summed E-state index contributed by atoms with van der Waals surface area (Å²) in [6.45, 7) is 7.51. The Bertz CT molecular complexity index is 413. The molecular weight excluding hydrogens is 238 g/mol. The van der Waals surface area contributed by atoms with Gasteiger partial charge in [-0.25, -0.2) is 0 Å². The number of benzene rings is 1. The first-order chi connectivity index (χ1) is 8.99. The van der Waals surface area contributed by atoms with Gasteiger partial charge in [0.05, 0.1) is 12.7 Å². The number of hydrogen-bond donors (Lipinski definition) is 2. The lowest BCUT2D eigenvalue weighted by molar-refractivity contribution is 0.109. The van der Waals surface area contributed by atoms with Gasteiger partial charge in [-0.1, -0.05) is 26.0 Å². The fourth-order valence-electron chi connectivity index (χ4n) is 2.82. The van der Waals surface area contributed by atoms with Crippen LogP contribution in [0.5, 0.6) is 5.75 Å². The highest BCUT2D eigenvalue weighted by atomic mass is 16.5. The van der Waals surface area contributed by atoms with Crippen LogP contribution in [0.25, 0.3) is 0 Å². The van der Waals surface area contributed by atoms with Gasteiger partial charge in [-0.15, -0.1) is 0 Å². The number of aliphatic hydroxyl groups is 1. The van der Waals surface area contributed by atoms with E-state index in [9.17, 15) is 5.11 Å². The molecule has 1 aromatic rings. The molecule has 1 fully saturated rings. The molecule has 0 spiro atoms. The highest BCUT2D eigenvalue weighted by Crippen LogP contribution is 2.55. The topological polar surface area (TPSA) is 55.5 Å². The molecule has 0 amide bonds. The molecule has 106 valence electrons. The molecule has 0 aliphatic heterocycles. The Kier molecular flexibility index (Phi) is 4.16. The quantitative estimate of drug-likeness (QED) is 0.829. The minimum atomic E-state index is -0.349. The average Bonchev–Trinajstić information content (AvgIpc) is 3.02. The average molecular weight is 263 g/mol. The number of hydrogen-bond acceptors (Lipinski definition) is 3. The van der Waals surface area contributed by atoms with Crippen LogP contribution in [0.15, 0.2) is 24.3 Å². The molecule has 0 bridgehead atoms. The van der Waals surface area contributed by atoms with Crippen LogP contribution in [0.2, 0.25) is 0 Å². The van der Waals surface area contributed by atoms with E-state index in [1.165, 1.54) is 0 Å². The van der Waals surface area contributed by atoms with E-state index in [1.807, 2.05) is 31.2 Å². The molecule has 0 heterocycles. The molecule has 0 aromatic heterocycles. The van der Waals surface area contributed by atoms with Gasteiger partial charge < -0.3 is 15.6 Å². The summed E-state index contributed by atoms with van der Waals surface area (Å²) in [7, 11) is 0. The van der Waals surface area contributed by atoms with Crippen molar-refractivity contribution in [2.24, 2.45) is 17.1 Å². The molecular formula is C16H25NO2. The van der Waals surface area contributed by atoms with Crippen LogP contribution in [-0.4, -0.2) is 24.4 Å². The minimum absolute atomic E-state index is 0.0162. The first kappa shape index (κ1) is 14.4. The fourth-order valence-corrected chi connectivity index (χ4v) is 2.82. The van der Waals surface area contributed by atoms with Crippen LogP contribution in [0.3, 0.4) is 0 Å². The second-order valence-corrected chi connectivity index (χ2v) is 6.13. The number of ether oxygens (including phenoxy) is 1. The Morgan fingerprint density at radius 1 is 1.37 bits per heavy atom. The van der Waals surface area contributed by atoms with Gasteiger partial charge in [0.25, 0.3) is 0 Å². The van der Waals surface area contributed by atoms with Gasteiger partial charge in [-0.3, -0.25) is 0 Å². The van der Waals surface area contributed by atoms with E-state index in [0.717, 1.165) is 17.7 Å². The van der Waals surface area contributed by atoms with Crippen LogP contribution in [0.4, 0.5) is 0 Å². The van der Waals surface area contributed by atoms with Gasteiger partial charge in [0.2, 0.25) is 0 Å². The third-order valence-corrected chi connectivity index (χ3v) is 4.29. The van der Waals surface area contributed by atoms with Gasteiger partial charge in [-0.2, -0.15) is 0 Å². The summed E-state index contributed by atoms with van der Waals surface area (Å²) in [4.78, 5) is 0. The lowest BCUT2D eigenvalue weighted by atomic mass is 9.88. The van der Waals surface area contributed by atoms with Crippen molar-refractivity contribution in [2.75, 3.05) is 13.2 Å². The third kappa shape index (κ3) is 3.10. The van der Waals surface area contributed by atoms with Gasteiger partial charge in [0.1, 0.15) is 5.75 Å². The highest BCUT2D eigenvalue weighted by Gasteiger charge is 2.51. The van der Waals surface area contributed by atoms with Crippen molar-refractivity contribution in [1.82, 2.24) is 0 Å².